The van der Waals surface area contributed by atoms with E-state index in [1.807, 2.05) is 0 Å². The third-order valence-electron chi connectivity index (χ3n) is 9.04. The van der Waals surface area contributed by atoms with Crippen LogP contribution >= 0.6 is 0 Å². The van der Waals surface area contributed by atoms with Crippen molar-refractivity contribution < 1.29 is 0 Å². The van der Waals surface area contributed by atoms with E-state index in [2.05, 4.69) is 77.9 Å². The molecule has 0 amide bonds. The number of rotatable bonds is 25. The van der Waals surface area contributed by atoms with E-state index >= 15 is 0 Å². The third-order valence-corrected chi connectivity index (χ3v) is 9.04. The first kappa shape index (κ1) is 38.0. The minimum Gasteiger partial charge on any atom is -0.252 e. The summed E-state index contributed by atoms with van der Waals surface area (Å²) >= 11 is 0. The number of hydrogen-bond donors (Lipinski definition) is 0. The molecule has 0 spiro atoms. The van der Waals surface area contributed by atoms with Gasteiger partial charge in [0.05, 0.1) is 22.8 Å². The van der Waals surface area contributed by atoms with Crippen molar-refractivity contribution in [3.63, 3.8) is 0 Å². The van der Waals surface area contributed by atoms with Crippen molar-refractivity contribution in [2.24, 2.45) is 9.98 Å². The van der Waals surface area contributed by atoms with Crippen molar-refractivity contribution in [3.8, 4) is 0 Å². The second kappa shape index (κ2) is 24.1. The lowest BCUT2D eigenvalue weighted by atomic mass is 9.97. The fraction of sp³-hybridized carbons (Fsp3) is 0.667. The lowest BCUT2D eigenvalue weighted by molar-refractivity contribution is 0.580. The Bertz CT molecular complexity index is 1090. The Kier molecular flexibility index (Phi) is 20.8. The number of hydrogen-bond acceptors (Lipinski definition) is 2. The highest BCUT2D eigenvalue weighted by Gasteiger charge is 2.12. The van der Waals surface area contributed by atoms with Crippen LogP contribution in [0.15, 0.2) is 46.4 Å². The number of benzene rings is 2. The standard InChI is InChI=1S/C42H68N2/c1-7-13-18-19-20-21-22-23-28-42(44-40-32-30-36(25-15-9-3)38(34-40)27-17-11-5)41(12-6)43-39-31-29-35(24-14-8-2)37(33-39)26-16-10-4/h29-34H,7-28H2,1-6H3. The van der Waals surface area contributed by atoms with E-state index in [1.165, 1.54) is 149 Å². The van der Waals surface area contributed by atoms with E-state index in [1.54, 1.807) is 0 Å². The highest BCUT2D eigenvalue weighted by atomic mass is 14.8. The lowest BCUT2D eigenvalue weighted by Crippen LogP contribution is -2.13. The van der Waals surface area contributed by atoms with Gasteiger partial charge in [0.2, 0.25) is 0 Å². The molecule has 2 heteroatoms. The molecule has 0 fully saturated rings. The molecule has 0 saturated heterocycles. The summed E-state index contributed by atoms with van der Waals surface area (Å²) in [5.41, 5.74) is 10.6. The van der Waals surface area contributed by atoms with Gasteiger partial charge in [-0.15, -0.1) is 0 Å². The molecule has 0 aliphatic rings. The van der Waals surface area contributed by atoms with Gasteiger partial charge in [-0.3, -0.25) is 9.98 Å². The SMILES string of the molecule is CCCCCCCCCCC(=Nc1ccc(CCCC)c(CCCC)c1)C(CC)=Nc1ccc(CCCC)c(CCCC)c1. The van der Waals surface area contributed by atoms with Crippen LogP contribution in [0.2, 0.25) is 0 Å². The summed E-state index contributed by atoms with van der Waals surface area (Å²) < 4.78 is 0. The van der Waals surface area contributed by atoms with Crippen LogP contribution in [0.25, 0.3) is 0 Å². The predicted octanol–water partition coefficient (Wildman–Crippen LogP) is 13.8. The summed E-state index contributed by atoms with van der Waals surface area (Å²) in [6, 6.07) is 14.0. The first-order chi connectivity index (χ1) is 21.6. The number of aliphatic imine (C=N–C) groups is 2. The second-order valence-electron chi connectivity index (χ2n) is 13.0. The molecule has 246 valence electrons. The maximum atomic E-state index is 5.39. The Balaban J connectivity index is 2.40. The number of unbranched alkanes of at least 4 members (excludes halogenated alkanes) is 11. The average Bonchev–Trinajstić information content (AvgIpc) is 3.04. The first-order valence-corrected chi connectivity index (χ1v) is 19.0. The van der Waals surface area contributed by atoms with E-state index in [9.17, 15) is 0 Å². The Morgan fingerprint density at radius 3 is 1.23 bits per heavy atom. The van der Waals surface area contributed by atoms with Crippen molar-refractivity contribution in [1.29, 1.82) is 0 Å². The Hall–Kier alpha value is -2.22. The van der Waals surface area contributed by atoms with Crippen molar-refractivity contribution in [3.05, 3.63) is 58.7 Å². The molecule has 0 heterocycles. The van der Waals surface area contributed by atoms with Gasteiger partial charge in [0.15, 0.2) is 0 Å². The van der Waals surface area contributed by atoms with E-state index in [-0.39, 0.29) is 0 Å². The Morgan fingerprint density at radius 1 is 0.409 bits per heavy atom. The summed E-state index contributed by atoms with van der Waals surface area (Å²) in [4.78, 5) is 10.7. The van der Waals surface area contributed by atoms with E-state index in [0.717, 1.165) is 37.1 Å². The fourth-order valence-electron chi connectivity index (χ4n) is 6.14. The molecular formula is C42H68N2. The van der Waals surface area contributed by atoms with Crippen LogP contribution < -0.4 is 0 Å². The number of nitrogens with zero attached hydrogens (tertiary/aromatic N) is 2. The summed E-state index contributed by atoms with van der Waals surface area (Å²) in [7, 11) is 0. The van der Waals surface area contributed by atoms with Crippen LogP contribution in [-0.2, 0) is 25.7 Å². The lowest BCUT2D eigenvalue weighted by Gasteiger charge is -2.14. The van der Waals surface area contributed by atoms with Gasteiger partial charge in [-0.05, 0) is 117 Å². The normalized spacial score (nSPS) is 12.3. The van der Waals surface area contributed by atoms with Crippen molar-refractivity contribution >= 4 is 22.8 Å². The molecule has 0 bridgehead atoms. The van der Waals surface area contributed by atoms with E-state index in [0.29, 0.717) is 0 Å². The van der Waals surface area contributed by atoms with Crippen LogP contribution in [0.5, 0.6) is 0 Å². The molecule has 0 radical (unpaired) electrons. The summed E-state index contributed by atoms with van der Waals surface area (Å²) in [6.45, 7) is 13.7. The smallest absolute Gasteiger partial charge is 0.0636 e. The summed E-state index contributed by atoms with van der Waals surface area (Å²) in [5.74, 6) is 0. The van der Waals surface area contributed by atoms with Gasteiger partial charge in [0.1, 0.15) is 0 Å². The molecule has 2 aromatic rings. The predicted molar refractivity (Wildman–Crippen MR) is 199 cm³/mol. The topological polar surface area (TPSA) is 24.7 Å². The minimum atomic E-state index is 0.912. The minimum absolute atomic E-state index is 0.912. The Morgan fingerprint density at radius 2 is 0.795 bits per heavy atom. The highest BCUT2D eigenvalue weighted by Crippen LogP contribution is 2.26. The zero-order valence-electron chi connectivity index (χ0n) is 29.9. The monoisotopic (exact) mass is 601 g/mol. The largest absolute Gasteiger partial charge is 0.252 e. The van der Waals surface area contributed by atoms with E-state index < -0.39 is 0 Å². The zero-order chi connectivity index (χ0) is 31.8. The molecule has 44 heavy (non-hydrogen) atoms. The summed E-state index contributed by atoms with van der Waals surface area (Å²) in [5, 5.41) is 0. The van der Waals surface area contributed by atoms with Crippen LogP contribution in [0.3, 0.4) is 0 Å². The molecule has 0 aromatic heterocycles. The molecule has 0 aliphatic heterocycles. The molecule has 0 atom stereocenters. The van der Waals surface area contributed by atoms with Crippen LogP contribution in [0.4, 0.5) is 11.4 Å². The molecule has 2 rings (SSSR count). The molecule has 0 saturated carbocycles. The summed E-state index contributed by atoms with van der Waals surface area (Å²) in [6.07, 6.45) is 27.2. The fourth-order valence-corrected chi connectivity index (χ4v) is 6.14. The maximum Gasteiger partial charge on any atom is 0.0636 e. The first-order valence-electron chi connectivity index (χ1n) is 19.0. The average molecular weight is 601 g/mol. The molecule has 0 unspecified atom stereocenters. The van der Waals surface area contributed by atoms with Gasteiger partial charge in [0.25, 0.3) is 0 Å². The van der Waals surface area contributed by atoms with Crippen molar-refractivity contribution in [2.45, 2.75) is 183 Å². The van der Waals surface area contributed by atoms with Crippen LogP contribution in [0.1, 0.15) is 179 Å². The van der Waals surface area contributed by atoms with Gasteiger partial charge >= 0.3 is 0 Å². The van der Waals surface area contributed by atoms with Gasteiger partial charge in [-0.2, -0.15) is 0 Å². The van der Waals surface area contributed by atoms with Crippen molar-refractivity contribution in [1.82, 2.24) is 0 Å². The Labute approximate surface area is 273 Å². The molecule has 0 N–H and O–H groups in total. The number of aryl methyl sites for hydroxylation is 4. The molecule has 0 aliphatic carbocycles. The molecular weight excluding hydrogens is 532 g/mol. The quantitative estimate of drug-likeness (QED) is 0.0800. The van der Waals surface area contributed by atoms with Crippen molar-refractivity contribution in [2.75, 3.05) is 0 Å². The van der Waals surface area contributed by atoms with Gasteiger partial charge in [-0.1, -0.05) is 124 Å². The zero-order valence-corrected chi connectivity index (χ0v) is 29.9. The van der Waals surface area contributed by atoms with E-state index in [4.69, 9.17) is 9.98 Å². The molecule has 2 aromatic carbocycles. The second-order valence-corrected chi connectivity index (χ2v) is 13.0. The van der Waals surface area contributed by atoms with Gasteiger partial charge < -0.3 is 0 Å². The van der Waals surface area contributed by atoms with Gasteiger partial charge in [-0.25, -0.2) is 0 Å². The maximum absolute atomic E-state index is 5.39. The van der Waals surface area contributed by atoms with Crippen LogP contribution in [-0.4, -0.2) is 11.4 Å². The van der Waals surface area contributed by atoms with Crippen LogP contribution in [0, 0.1) is 0 Å². The molecule has 2 nitrogen and oxygen atoms in total. The van der Waals surface area contributed by atoms with Gasteiger partial charge in [0, 0.05) is 0 Å². The third kappa shape index (κ3) is 14.7. The highest BCUT2D eigenvalue weighted by molar-refractivity contribution is 6.43.